The first-order valence-corrected chi connectivity index (χ1v) is 4.64. The molecule has 0 unspecified atom stereocenters. The molecule has 0 atom stereocenters. The number of alkyl carbamates (subject to hydrolysis) is 1. The topological polar surface area (TPSA) is 78.8 Å². The van der Waals surface area contributed by atoms with Crippen LogP contribution in [0.4, 0.5) is 4.79 Å². The molecule has 5 nitrogen and oxygen atoms in total. The highest BCUT2D eigenvalue weighted by molar-refractivity contribution is 6.40. The van der Waals surface area contributed by atoms with E-state index in [1.807, 2.05) is 0 Å². The van der Waals surface area contributed by atoms with Gasteiger partial charge in [-0.3, -0.25) is 0 Å². The first-order chi connectivity index (χ1) is 6.31. The van der Waals surface area contributed by atoms with Gasteiger partial charge in [0.25, 0.3) is 0 Å². The van der Waals surface area contributed by atoms with Crippen LogP contribution in [-0.2, 0) is 4.74 Å². The zero-order valence-electron chi connectivity index (χ0n) is 8.91. The van der Waals surface area contributed by atoms with Gasteiger partial charge in [0.05, 0.1) is 0 Å². The first-order valence-electron chi connectivity index (χ1n) is 4.64. The summed E-state index contributed by atoms with van der Waals surface area (Å²) in [6, 6.07) is 0. The molecular weight excluding hydrogens is 185 g/mol. The summed E-state index contributed by atoms with van der Waals surface area (Å²) in [7, 11) is -1.31. The van der Waals surface area contributed by atoms with Gasteiger partial charge in [-0.25, -0.2) is 4.79 Å². The molecule has 0 aromatic carbocycles. The zero-order chi connectivity index (χ0) is 11.2. The molecule has 1 amide bonds. The summed E-state index contributed by atoms with van der Waals surface area (Å²) < 4.78 is 4.97. The monoisotopic (exact) mass is 203 g/mol. The minimum atomic E-state index is -1.31. The fourth-order valence-corrected chi connectivity index (χ4v) is 0.789. The normalized spacial score (nSPS) is 10.9. The first kappa shape index (κ1) is 13.3. The van der Waals surface area contributed by atoms with Gasteiger partial charge in [-0.1, -0.05) is 0 Å². The van der Waals surface area contributed by atoms with Crippen LogP contribution in [0.25, 0.3) is 0 Å². The number of carbonyl (C=O) groups is 1. The molecule has 0 fully saturated rings. The molecule has 0 aromatic heterocycles. The second kappa shape index (κ2) is 5.88. The summed E-state index contributed by atoms with van der Waals surface area (Å²) in [5.74, 6) is 0. The van der Waals surface area contributed by atoms with Gasteiger partial charge in [-0.05, 0) is 33.5 Å². The van der Waals surface area contributed by atoms with Crippen LogP contribution < -0.4 is 5.32 Å². The van der Waals surface area contributed by atoms with Gasteiger partial charge < -0.3 is 20.1 Å². The highest BCUT2D eigenvalue weighted by atomic mass is 16.6. The van der Waals surface area contributed by atoms with E-state index in [0.29, 0.717) is 13.0 Å². The molecule has 0 spiro atoms. The number of carbonyl (C=O) groups excluding carboxylic acids is 1. The molecule has 0 aliphatic carbocycles. The summed E-state index contributed by atoms with van der Waals surface area (Å²) in [5, 5.41) is 19.5. The largest absolute Gasteiger partial charge is 0.451 e. The average molecular weight is 203 g/mol. The van der Waals surface area contributed by atoms with Gasteiger partial charge in [0.1, 0.15) is 5.60 Å². The van der Waals surface area contributed by atoms with E-state index in [1.54, 1.807) is 20.8 Å². The fourth-order valence-electron chi connectivity index (χ4n) is 0.789. The number of hydrogen-bond donors (Lipinski definition) is 3. The van der Waals surface area contributed by atoms with Crippen LogP contribution in [0.5, 0.6) is 0 Å². The maximum absolute atomic E-state index is 11.0. The summed E-state index contributed by atoms with van der Waals surface area (Å²) in [5.41, 5.74) is -0.499. The van der Waals surface area contributed by atoms with Crippen LogP contribution in [0.2, 0.25) is 6.32 Å². The lowest BCUT2D eigenvalue weighted by Crippen LogP contribution is -2.33. The van der Waals surface area contributed by atoms with Crippen molar-refractivity contribution < 1.29 is 19.6 Å². The van der Waals surface area contributed by atoms with Crippen LogP contribution in [0, 0.1) is 0 Å². The van der Waals surface area contributed by atoms with Gasteiger partial charge in [0.2, 0.25) is 0 Å². The van der Waals surface area contributed by atoms with Crippen LogP contribution in [0.3, 0.4) is 0 Å². The number of nitrogens with one attached hydrogen (secondary N) is 1. The van der Waals surface area contributed by atoms with E-state index in [1.165, 1.54) is 0 Å². The Balaban J connectivity index is 3.46. The molecule has 3 N–H and O–H groups in total. The van der Waals surface area contributed by atoms with E-state index in [4.69, 9.17) is 14.8 Å². The highest BCUT2D eigenvalue weighted by Gasteiger charge is 2.15. The van der Waals surface area contributed by atoms with E-state index < -0.39 is 18.8 Å². The third kappa shape index (κ3) is 9.34. The average Bonchev–Trinajstić information content (AvgIpc) is 1.94. The molecule has 0 aliphatic rings. The summed E-state index contributed by atoms with van der Waals surface area (Å²) >= 11 is 0. The third-order valence-corrected chi connectivity index (χ3v) is 1.31. The lowest BCUT2D eigenvalue weighted by Gasteiger charge is -2.19. The maximum atomic E-state index is 11.0. The van der Waals surface area contributed by atoms with Gasteiger partial charge in [-0.15, -0.1) is 0 Å². The minimum Gasteiger partial charge on any atom is -0.444 e. The van der Waals surface area contributed by atoms with Crippen molar-refractivity contribution in [2.24, 2.45) is 0 Å². The van der Waals surface area contributed by atoms with Crippen molar-refractivity contribution in [2.75, 3.05) is 6.54 Å². The maximum Gasteiger partial charge on any atom is 0.451 e. The van der Waals surface area contributed by atoms with Crippen molar-refractivity contribution in [3.05, 3.63) is 0 Å². The number of rotatable bonds is 4. The van der Waals surface area contributed by atoms with E-state index in [-0.39, 0.29) is 6.32 Å². The lowest BCUT2D eigenvalue weighted by atomic mass is 9.85. The predicted octanol–water partition coefficient (Wildman–Crippen LogP) is 0.374. The fraction of sp³-hybridized carbons (Fsp3) is 0.875. The van der Waals surface area contributed by atoms with Crippen molar-refractivity contribution in [3.63, 3.8) is 0 Å². The van der Waals surface area contributed by atoms with Crippen LogP contribution in [0.15, 0.2) is 0 Å². The van der Waals surface area contributed by atoms with Crippen molar-refractivity contribution in [1.29, 1.82) is 0 Å². The van der Waals surface area contributed by atoms with Crippen molar-refractivity contribution >= 4 is 13.2 Å². The van der Waals surface area contributed by atoms with E-state index in [2.05, 4.69) is 5.32 Å². The molecule has 0 rings (SSSR count). The van der Waals surface area contributed by atoms with Crippen molar-refractivity contribution in [3.8, 4) is 0 Å². The Kier molecular flexibility index (Phi) is 5.56. The standard InChI is InChI=1S/C8H18BNO4/c1-8(2,3)14-7(11)10-6-4-5-9(12)13/h12-13H,4-6H2,1-3H3,(H,10,11). The molecule has 0 radical (unpaired) electrons. The molecule has 6 heteroatoms. The zero-order valence-corrected chi connectivity index (χ0v) is 8.91. The smallest absolute Gasteiger partial charge is 0.444 e. The van der Waals surface area contributed by atoms with Gasteiger partial charge >= 0.3 is 13.2 Å². The van der Waals surface area contributed by atoms with Crippen molar-refractivity contribution in [1.82, 2.24) is 5.32 Å². The SMILES string of the molecule is CC(C)(C)OC(=O)NCCCB(O)O. The Morgan fingerprint density at radius 1 is 1.43 bits per heavy atom. The molecule has 0 heterocycles. The van der Waals surface area contributed by atoms with Crippen LogP contribution in [-0.4, -0.2) is 35.4 Å². The summed E-state index contributed by atoms with van der Waals surface area (Å²) in [4.78, 5) is 11.0. The number of amides is 1. The minimum absolute atomic E-state index is 0.246. The van der Waals surface area contributed by atoms with E-state index in [0.717, 1.165) is 0 Å². The lowest BCUT2D eigenvalue weighted by molar-refractivity contribution is 0.0527. The van der Waals surface area contributed by atoms with Gasteiger partial charge in [-0.2, -0.15) is 0 Å². The van der Waals surface area contributed by atoms with E-state index >= 15 is 0 Å². The summed E-state index contributed by atoms with van der Waals surface area (Å²) in [6.07, 6.45) is 0.275. The molecule has 0 bridgehead atoms. The highest BCUT2D eigenvalue weighted by Crippen LogP contribution is 2.06. The van der Waals surface area contributed by atoms with Gasteiger partial charge in [0, 0.05) is 6.54 Å². The summed E-state index contributed by atoms with van der Waals surface area (Å²) in [6.45, 7) is 5.73. The number of hydrogen-bond acceptors (Lipinski definition) is 4. The molecule has 82 valence electrons. The Morgan fingerprint density at radius 2 is 2.00 bits per heavy atom. The van der Waals surface area contributed by atoms with Crippen LogP contribution >= 0.6 is 0 Å². The second-order valence-electron chi connectivity index (χ2n) is 4.05. The number of ether oxygens (including phenoxy) is 1. The molecule has 0 aromatic rings. The molecule has 14 heavy (non-hydrogen) atoms. The quantitative estimate of drug-likeness (QED) is 0.455. The molecular formula is C8H18BNO4. The van der Waals surface area contributed by atoms with Gasteiger partial charge in [0.15, 0.2) is 0 Å². The Morgan fingerprint density at radius 3 is 2.43 bits per heavy atom. The Bertz CT molecular complexity index is 179. The van der Waals surface area contributed by atoms with E-state index in [9.17, 15) is 4.79 Å². The van der Waals surface area contributed by atoms with Crippen molar-refractivity contribution in [2.45, 2.75) is 39.1 Å². The molecule has 0 saturated heterocycles. The Labute approximate surface area is 84.6 Å². The Hall–Kier alpha value is -0.745. The molecule has 0 saturated carbocycles. The third-order valence-electron chi connectivity index (χ3n) is 1.31. The predicted molar refractivity (Wildman–Crippen MR) is 53.9 cm³/mol. The van der Waals surface area contributed by atoms with Crippen LogP contribution in [0.1, 0.15) is 27.2 Å². The molecule has 0 aliphatic heterocycles. The second-order valence-corrected chi connectivity index (χ2v) is 4.05.